The molecule has 8 heteroatoms. The van der Waals surface area contributed by atoms with Gasteiger partial charge in [-0.25, -0.2) is 9.59 Å². The van der Waals surface area contributed by atoms with Gasteiger partial charge in [-0.2, -0.15) is 0 Å². The summed E-state index contributed by atoms with van der Waals surface area (Å²) in [7, 11) is 1.35. The maximum Gasteiger partial charge on any atom is 0.411 e. The van der Waals surface area contributed by atoms with E-state index in [0.29, 0.717) is 6.42 Å². The van der Waals surface area contributed by atoms with Gasteiger partial charge in [0.25, 0.3) is 0 Å². The van der Waals surface area contributed by atoms with E-state index in [2.05, 4.69) is 0 Å². The smallest absolute Gasteiger partial charge is 0.411 e. The molecule has 5 atom stereocenters. The number of fused-ring (bicyclic) bond motifs is 1. The van der Waals surface area contributed by atoms with Crippen LogP contribution in [0.15, 0.2) is 65.6 Å². The second-order valence-corrected chi connectivity index (χ2v) is 9.50. The third kappa shape index (κ3) is 3.43. The summed E-state index contributed by atoms with van der Waals surface area (Å²) in [6, 6.07) is 17.6. The fourth-order valence-corrected chi connectivity index (χ4v) is 6.31. The zero-order valence-corrected chi connectivity index (χ0v) is 18.4. The van der Waals surface area contributed by atoms with Crippen LogP contribution >= 0.6 is 11.8 Å². The summed E-state index contributed by atoms with van der Waals surface area (Å²) >= 11 is 1.59. The van der Waals surface area contributed by atoms with Crippen molar-refractivity contribution in [3.8, 4) is 0 Å². The molecule has 5 rings (SSSR count). The van der Waals surface area contributed by atoms with Crippen molar-refractivity contribution >= 4 is 29.7 Å². The number of β-lactam (4-membered cyclic amide) rings is 1. The molecule has 3 heterocycles. The molecule has 3 fully saturated rings. The van der Waals surface area contributed by atoms with Crippen LogP contribution in [0.1, 0.15) is 24.4 Å². The van der Waals surface area contributed by atoms with E-state index in [0.717, 1.165) is 16.9 Å². The number of cyclic esters (lactones) is 1. The lowest BCUT2D eigenvalue weighted by Gasteiger charge is -2.57. The topological polar surface area (TPSA) is 76.1 Å². The van der Waals surface area contributed by atoms with E-state index in [1.54, 1.807) is 21.6 Å². The summed E-state index contributed by atoms with van der Waals surface area (Å²) < 4.78 is 10.4. The number of ether oxygens (including phenoxy) is 2. The van der Waals surface area contributed by atoms with E-state index in [1.807, 2.05) is 60.7 Å². The molecule has 3 aliphatic heterocycles. The van der Waals surface area contributed by atoms with Gasteiger partial charge in [0.1, 0.15) is 18.7 Å². The van der Waals surface area contributed by atoms with Crippen LogP contribution in [0.4, 0.5) is 4.79 Å². The average molecular weight is 453 g/mol. The quantitative estimate of drug-likeness (QED) is 0.512. The highest BCUT2D eigenvalue weighted by Gasteiger charge is 2.61. The van der Waals surface area contributed by atoms with Crippen molar-refractivity contribution in [2.24, 2.45) is 0 Å². The van der Waals surface area contributed by atoms with Crippen LogP contribution in [0.5, 0.6) is 0 Å². The zero-order chi connectivity index (χ0) is 22.2. The van der Waals surface area contributed by atoms with Gasteiger partial charge >= 0.3 is 12.1 Å². The van der Waals surface area contributed by atoms with Gasteiger partial charge in [-0.3, -0.25) is 9.69 Å². The van der Waals surface area contributed by atoms with Gasteiger partial charge in [-0.15, -0.1) is 11.8 Å². The van der Waals surface area contributed by atoms with Crippen LogP contribution < -0.4 is 0 Å². The summed E-state index contributed by atoms with van der Waals surface area (Å²) in [6.07, 6.45) is 0.968. The van der Waals surface area contributed by atoms with Gasteiger partial charge in [0, 0.05) is 10.1 Å². The molecule has 3 aliphatic rings. The summed E-state index contributed by atoms with van der Waals surface area (Å²) in [4.78, 5) is 43.0. The number of carbonyl (C=O) groups excluding carboxylic acids is 3. The SMILES string of the molecule is COC(=O)[C@H]1[C@H](Sc2ccccc2)CC[C@@H]2[C@H](N3C(=O)OC[C@@H]3c3ccccc3)C(=O)N21. The molecular weight excluding hydrogens is 428 g/mol. The van der Waals surface area contributed by atoms with Crippen LogP contribution in [-0.2, 0) is 19.1 Å². The lowest BCUT2D eigenvalue weighted by Crippen LogP contribution is -2.77. The fourth-order valence-electron chi connectivity index (χ4n) is 5.02. The van der Waals surface area contributed by atoms with Crippen LogP contribution in [0.2, 0.25) is 0 Å². The molecular formula is C24H24N2O5S. The number of thioether (sulfide) groups is 1. The summed E-state index contributed by atoms with van der Waals surface area (Å²) in [5, 5.41) is -0.110. The summed E-state index contributed by atoms with van der Waals surface area (Å²) in [6.45, 7) is 0.215. The summed E-state index contributed by atoms with van der Waals surface area (Å²) in [5.74, 6) is -0.637. The van der Waals surface area contributed by atoms with Crippen LogP contribution in [0.25, 0.3) is 0 Å². The van der Waals surface area contributed by atoms with Crippen molar-refractivity contribution in [2.45, 2.75) is 47.2 Å². The Morgan fingerprint density at radius 3 is 2.38 bits per heavy atom. The van der Waals surface area contributed by atoms with Crippen molar-refractivity contribution in [2.75, 3.05) is 13.7 Å². The van der Waals surface area contributed by atoms with Gasteiger partial charge in [0.05, 0.1) is 19.2 Å². The first-order valence-corrected chi connectivity index (χ1v) is 11.6. The lowest BCUT2D eigenvalue weighted by molar-refractivity contribution is -0.176. The molecule has 3 saturated heterocycles. The fraction of sp³-hybridized carbons (Fsp3) is 0.375. The number of nitrogens with zero attached hydrogens (tertiary/aromatic N) is 2. The van der Waals surface area contributed by atoms with Gasteiger partial charge in [-0.1, -0.05) is 48.5 Å². The number of esters is 1. The molecule has 0 saturated carbocycles. The minimum absolute atomic E-state index is 0.110. The number of methoxy groups -OCH3 is 1. The standard InChI is InChI=1S/C24H24N2O5S/c1-30-23(28)21-19(32-16-10-6-3-7-11-16)13-12-17-20(22(27)25(17)21)26-18(14-31-24(26)29)15-8-4-2-5-9-15/h2-11,17-21H,12-14H2,1H3/t17-,18-,19-,20+,21-/m1/s1. The minimum atomic E-state index is -0.679. The number of amides is 2. The molecule has 0 spiro atoms. The predicted octanol–water partition coefficient (Wildman–Crippen LogP) is 3.26. The van der Waals surface area contributed by atoms with Crippen molar-refractivity contribution in [1.29, 1.82) is 0 Å². The molecule has 2 aromatic rings. The Labute approximate surface area is 190 Å². The minimum Gasteiger partial charge on any atom is -0.467 e. The lowest BCUT2D eigenvalue weighted by atomic mass is 9.81. The highest BCUT2D eigenvalue weighted by atomic mass is 32.2. The number of hydrogen-bond donors (Lipinski definition) is 0. The van der Waals surface area contributed by atoms with E-state index < -0.39 is 24.1 Å². The van der Waals surface area contributed by atoms with E-state index in [-0.39, 0.29) is 29.8 Å². The van der Waals surface area contributed by atoms with Crippen molar-refractivity contribution in [3.05, 3.63) is 66.2 Å². The molecule has 2 amide bonds. The predicted molar refractivity (Wildman–Crippen MR) is 118 cm³/mol. The van der Waals surface area contributed by atoms with Gasteiger partial charge in [0.15, 0.2) is 0 Å². The van der Waals surface area contributed by atoms with Crippen molar-refractivity contribution in [3.63, 3.8) is 0 Å². The van der Waals surface area contributed by atoms with Gasteiger partial charge in [0.2, 0.25) is 5.91 Å². The van der Waals surface area contributed by atoms with Crippen LogP contribution in [0.3, 0.4) is 0 Å². The first kappa shape index (κ1) is 20.9. The molecule has 0 unspecified atom stereocenters. The maximum atomic E-state index is 13.4. The second kappa shape index (κ2) is 8.50. The molecule has 2 aromatic carbocycles. The number of rotatable bonds is 5. The molecule has 0 N–H and O–H groups in total. The number of benzene rings is 2. The van der Waals surface area contributed by atoms with Crippen LogP contribution in [-0.4, -0.2) is 64.9 Å². The Morgan fingerprint density at radius 2 is 1.69 bits per heavy atom. The Kier molecular flexibility index (Phi) is 5.55. The second-order valence-electron chi connectivity index (χ2n) is 8.18. The van der Waals surface area contributed by atoms with E-state index in [9.17, 15) is 14.4 Å². The molecule has 0 aliphatic carbocycles. The van der Waals surface area contributed by atoms with Crippen molar-refractivity contribution in [1.82, 2.24) is 9.80 Å². The number of carbonyl (C=O) groups is 3. The number of hydrogen-bond acceptors (Lipinski definition) is 6. The molecule has 166 valence electrons. The largest absolute Gasteiger partial charge is 0.467 e. The summed E-state index contributed by atoms with van der Waals surface area (Å²) in [5.41, 5.74) is 0.933. The first-order chi connectivity index (χ1) is 15.6. The third-order valence-electron chi connectivity index (χ3n) is 6.50. The van der Waals surface area contributed by atoms with Crippen LogP contribution in [0, 0.1) is 0 Å². The molecule has 0 radical (unpaired) electrons. The van der Waals surface area contributed by atoms with E-state index in [4.69, 9.17) is 9.47 Å². The van der Waals surface area contributed by atoms with E-state index >= 15 is 0 Å². The van der Waals surface area contributed by atoms with Crippen molar-refractivity contribution < 1.29 is 23.9 Å². The Balaban J connectivity index is 1.40. The number of piperidine rings is 1. The highest BCUT2D eigenvalue weighted by Crippen LogP contribution is 2.45. The van der Waals surface area contributed by atoms with E-state index in [1.165, 1.54) is 7.11 Å². The monoisotopic (exact) mass is 452 g/mol. The highest BCUT2D eigenvalue weighted by molar-refractivity contribution is 8.00. The Hall–Kier alpha value is -3.00. The first-order valence-electron chi connectivity index (χ1n) is 10.7. The average Bonchev–Trinajstić information content (AvgIpc) is 3.20. The zero-order valence-electron chi connectivity index (χ0n) is 17.6. The normalized spacial score (nSPS) is 29.2. The molecule has 32 heavy (non-hydrogen) atoms. The molecule has 0 bridgehead atoms. The molecule has 7 nitrogen and oxygen atoms in total. The molecule has 0 aromatic heterocycles. The van der Waals surface area contributed by atoms with Gasteiger partial charge < -0.3 is 14.4 Å². The van der Waals surface area contributed by atoms with Gasteiger partial charge in [-0.05, 0) is 30.5 Å². The Bertz CT molecular complexity index is 1020. The maximum absolute atomic E-state index is 13.4. The Morgan fingerprint density at radius 1 is 1.00 bits per heavy atom. The third-order valence-corrected chi connectivity index (χ3v) is 7.84.